The van der Waals surface area contributed by atoms with Gasteiger partial charge in [0.25, 0.3) is 0 Å². The van der Waals surface area contributed by atoms with Crippen molar-refractivity contribution in [2.45, 2.75) is 38.4 Å². The fraction of sp³-hybridized carbons (Fsp3) is 0.350. The van der Waals surface area contributed by atoms with Crippen LogP contribution in [0, 0.1) is 5.92 Å². The molecule has 1 aromatic heterocycles. The van der Waals surface area contributed by atoms with Crippen molar-refractivity contribution >= 4 is 21.7 Å². The van der Waals surface area contributed by atoms with Crippen molar-refractivity contribution in [2.75, 3.05) is 0 Å². The molecule has 0 saturated heterocycles. The Morgan fingerprint density at radius 3 is 2.64 bits per heavy atom. The molecule has 130 valence electrons. The molecule has 0 bridgehead atoms. The lowest BCUT2D eigenvalue weighted by Crippen LogP contribution is -2.32. The molecule has 0 amide bonds. The zero-order valence-electron chi connectivity index (χ0n) is 13.9. The summed E-state index contributed by atoms with van der Waals surface area (Å²) in [6, 6.07) is 10.1. The van der Waals surface area contributed by atoms with Gasteiger partial charge in [0.05, 0.1) is 11.5 Å². The molecule has 1 saturated carbocycles. The topological polar surface area (TPSA) is 79.9 Å². The first-order valence-corrected chi connectivity index (χ1v) is 8.54. The Balaban J connectivity index is 1.73. The largest absolute Gasteiger partial charge is 0.508 e. The van der Waals surface area contributed by atoms with Gasteiger partial charge in [-0.25, -0.2) is 4.79 Å². The Hall–Kier alpha value is -2.53. The van der Waals surface area contributed by atoms with Crippen molar-refractivity contribution in [3.63, 3.8) is 0 Å². The molecule has 4 rings (SSSR count). The van der Waals surface area contributed by atoms with Gasteiger partial charge in [0.1, 0.15) is 23.2 Å². The Bertz CT molecular complexity index is 980. The fourth-order valence-electron chi connectivity index (χ4n) is 3.77. The molecule has 5 heteroatoms. The summed E-state index contributed by atoms with van der Waals surface area (Å²) < 4.78 is 11.3. The summed E-state index contributed by atoms with van der Waals surface area (Å²) in [6.45, 7) is 2.11. The van der Waals surface area contributed by atoms with Crippen LogP contribution in [0.1, 0.15) is 26.2 Å². The minimum absolute atomic E-state index is 0.0550. The molecular weight excluding hydrogens is 320 g/mol. The number of aromatic hydroxyl groups is 1. The monoisotopic (exact) mass is 340 g/mol. The van der Waals surface area contributed by atoms with E-state index < -0.39 is 5.63 Å². The van der Waals surface area contributed by atoms with Crippen LogP contribution in [0.3, 0.4) is 0 Å². The van der Waals surface area contributed by atoms with E-state index in [0.717, 1.165) is 23.6 Å². The molecule has 3 unspecified atom stereocenters. The highest BCUT2D eigenvalue weighted by molar-refractivity contribution is 6.04. The van der Waals surface area contributed by atoms with Crippen LogP contribution in [-0.4, -0.2) is 22.4 Å². The van der Waals surface area contributed by atoms with Gasteiger partial charge in [-0.2, -0.15) is 0 Å². The van der Waals surface area contributed by atoms with Crippen LogP contribution in [0.2, 0.25) is 0 Å². The maximum atomic E-state index is 12.3. The van der Waals surface area contributed by atoms with Crippen LogP contribution in [-0.2, 0) is 0 Å². The van der Waals surface area contributed by atoms with E-state index in [-0.39, 0.29) is 18.0 Å². The van der Waals surface area contributed by atoms with E-state index >= 15 is 0 Å². The molecule has 3 atom stereocenters. The first-order chi connectivity index (χ1) is 12.0. The van der Waals surface area contributed by atoms with Gasteiger partial charge in [-0.3, -0.25) is 0 Å². The summed E-state index contributed by atoms with van der Waals surface area (Å²) in [7, 11) is 0. The van der Waals surface area contributed by atoms with Crippen molar-refractivity contribution in [1.82, 2.24) is 0 Å². The third-order valence-electron chi connectivity index (χ3n) is 4.85. The summed E-state index contributed by atoms with van der Waals surface area (Å²) >= 11 is 0. The number of aliphatic hydroxyl groups is 1. The maximum Gasteiger partial charge on any atom is 0.344 e. The van der Waals surface area contributed by atoms with Crippen molar-refractivity contribution in [3.8, 4) is 11.5 Å². The van der Waals surface area contributed by atoms with E-state index in [4.69, 9.17) is 9.15 Å². The average molecular weight is 340 g/mol. The Morgan fingerprint density at radius 2 is 1.84 bits per heavy atom. The lowest BCUT2D eigenvalue weighted by atomic mass is 9.86. The Morgan fingerprint density at radius 1 is 1.04 bits per heavy atom. The molecule has 0 aliphatic heterocycles. The SMILES string of the molecule is CC1CC(O)CC(Oc2ccc3c(c2)c(=O)oc2cc(O)ccc23)C1. The van der Waals surface area contributed by atoms with Gasteiger partial charge in [0.2, 0.25) is 0 Å². The van der Waals surface area contributed by atoms with Gasteiger partial charge in [-0.05, 0) is 49.1 Å². The molecule has 1 heterocycles. The molecule has 0 radical (unpaired) electrons. The number of aliphatic hydroxyl groups excluding tert-OH is 1. The second-order valence-electron chi connectivity index (χ2n) is 6.98. The lowest BCUT2D eigenvalue weighted by molar-refractivity contribution is 0.0309. The molecule has 1 fully saturated rings. The van der Waals surface area contributed by atoms with Crippen LogP contribution >= 0.6 is 0 Å². The number of phenolic OH excluding ortho intramolecular Hbond substituents is 1. The van der Waals surface area contributed by atoms with Crippen LogP contribution in [0.4, 0.5) is 0 Å². The number of benzene rings is 2. The minimum Gasteiger partial charge on any atom is -0.508 e. The third-order valence-corrected chi connectivity index (χ3v) is 4.85. The van der Waals surface area contributed by atoms with Gasteiger partial charge < -0.3 is 19.4 Å². The van der Waals surface area contributed by atoms with E-state index in [2.05, 4.69) is 6.92 Å². The average Bonchev–Trinajstić information content (AvgIpc) is 2.54. The fourth-order valence-corrected chi connectivity index (χ4v) is 3.77. The normalized spacial score (nSPS) is 23.8. The van der Waals surface area contributed by atoms with Crippen LogP contribution < -0.4 is 10.4 Å². The Kier molecular flexibility index (Phi) is 3.88. The second-order valence-corrected chi connectivity index (χ2v) is 6.98. The maximum absolute atomic E-state index is 12.3. The molecule has 3 aromatic rings. The number of ether oxygens (including phenoxy) is 1. The van der Waals surface area contributed by atoms with Crippen LogP contribution in [0.15, 0.2) is 45.6 Å². The van der Waals surface area contributed by atoms with Gasteiger partial charge >= 0.3 is 5.63 Å². The molecule has 25 heavy (non-hydrogen) atoms. The van der Waals surface area contributed by atoms with E-state index in [1.807, 2.05) is 12.1 Å². The van der Waals surface area contributed by atoms with Crippen molar-refractivity contribution < 1.29 is 19.4 Å². The van der Waals surface area contributed by atoms with Gasteiger partial charge in [0, 0.05) is 23.3 Å². The third kappa shape index (κ3) is 3.07. The zero-order chi connectivity index (χ0) is 17.6. The molecule has 1 aliphatic carbocycles. The minimum atomic E-state index is -0.462. The molecule has 2 aromatic carbocycles. The van der Waals surface area contributed by atoms with E-state index in [1.165, 1.54) is 6.07 Å². The zero-order valence-corrected chi connectivity index (χ0v) is 13.9. The van der Waals surface area contributed by atoms with Crippen molar-refractivity contribution in [1.29, 1.82) is 0 Å². The first-order valence-electron chi connectivity index (χ1n) is 8.54. The highest BCUT2D eigenvalue weighted by Crippen LogP contribution is 2.31. The highest BCUT2D eigenvalue weighted by atomic mass is 16.5. The number of fused-ring (bicyclic) bond motifs is 3. The van der Waals surface area contributed by atoms with Crippen LogP contribution in [0.5, 0.6) is 11.5 Å². The van der Waals surface area contributed by atoms with E-state index in [0.29, 0.717) is 29.1 Å². The van der Waals surface area contributed by atoms with Gasteiger partial charge in [-0.15, -0.1) is 0 Å². The summed E-state index contributed by atoms with van der Waals surface area (Å²) in [5.41, 5.74) is -0.106. The van der Waals surface area contributed by atoms with Crippen LogP contribution in [0.25, 0.3) is 21.7 Å². The molecule has 0 spiro atoms. The van der Waals surface area contributed by atoms with Gasteiger partial charge in [-0.1, -0.05) is 6.92 Å². The number of rotatable bonds is 2. The lowest BCUT2D eigenvalue weighted by Gasteiger charge is -2.30. The summed E-state index contributed by atoms with van der Waals surface area (Å²) in [5, 5.41) is 21.4. The predicted octanol–water partition coefficient (Wildman–Crippen LogP) is 3.58. The van der Waals surface area contributed by atoms with Gasteiger partial charge in [0.15, 0.2) is 0 Å². The smallest absolute Gasteiger partial charge is 0.344 e. The predicted molar refractivity (Wildman–Crippen MR) is 95.1 cm³/mol. The van der Waals surface area contributed by atoms with Crippen molar-refractivity contribution in [3.05, 3.63) is 46.8 Å². The van der Waals surface area contributed by atoms with Crippen molar-refractivity contribution in [2.24, 2.45) is 5.92 Å². The Labute approximate surface area is 144 Å². The summed E-state index contributed by atoms with van der Waals surface area (Å²) in [5.74, 6) is 1.07. The molecule has 1 aliphatic rings. The second kappa shape index (κ2) is 6.08. The number of hydrogen-bond donors (Lipinski definition) is 2. The molecule has 2 N–H and O–H groups in total. The number of hydrogen-bond acceptors (Lipinski definition) is 5. The quantitative estimate of drug-likeness (QED) is 0.550. The highest BCUT2D eigenvalue weighted by Gasteiger charge is 2.26. The summed E-state index contributed by atoms with van der Waals surface area (Å²) in [6.07, 6.45) is 1.91. The standard InChI is InChI=1S/C20H20O5/c1-11-6-13(22)8-15(7-11)24-14-3-5-16-17-4-2-12(21)9-19(17)25-20(23)18(16)10-14/h2-5,9-11,13,15,21-22H,6-8H2,1H3. The van der Waals surface area contributed by atoms with E-state index in [1.54, 1.807) is 18.2 Å². The first kappa shape index (κ1) is 16.0. The van der Waals surface area contributed by atoms with E-state index in [9.17, 15) is 15.0 Å². The molecule has 5 nitrogen and oxygen atoms in total. The summed E-state index contributed by atoms with van der Waals surface area (Å²) in [4.78, 5) is 12.3. The molecular formula is C20H20O5. The number of phenols is 1.